The molecule has 0 aliphatic carbocycles. The molecule has 2 rings (SSSR count). The van der Waals surface area contributed by atoms with E-state index in [1.165, 1.54) is 5.56 Å². The predicted octanol–water partition coefficient (Wildman–Crippen LogP) is 1.32. The first-order chi connectivity index (χ1) is 8.20. The highest BCUT2D eigenvalue weighted by Gasteiger charge is 2.11. The van der Waals surface area contributed by atoms with Gasteiger partial charge in [-0.15, -0.1) is 0 Å². The maximum absolute atomic E-state index is 4.50. The molecule has 5 heteroatoms. The van der Waals surface area contributed by atoms with Gasteiger partial charge >= 0.3 is 0 Å². The van der Waals surface area contributed by atoms with Crippen LogP contribution in [0.5, 0.6) is 0 Å². The van der Waals surface area contributed by atoms with Crippen LogP contribution >= 0.6 is 0 Å². The lowest BCUT2D eigenvalue weighted by molar-refractivity contribution is 0.675. The van der Waals surface area contributed by atoms with Crippen LogP contribution in [0.2, 0.25) is 0 Å². The second-order valence-electron chi connectivity index (χ2n) is 4.26. The van der Waals surface area contributed by atoms with Crippen molar-refractivity contribution in [2.45, 2.75) is 19.9 Å². The number of hydrogen-bond acceptors (Lipinski definition) is 3. The summed E-state index contributed by atoms with van der Waals surface area (Å²) in [5, 5.41) is 12.1. The molecule has 0 unspecified atom stereocenters. The third kappa shape index (κ3) is 2.74. The Kier molecular flexibility index (Phi) is 3.58. The second-order valence-corrected chi connectivity index (χ2v) is 4.26. The Morgan fingerprint density at radius 1 is 1.24 bits per heavy atom. The Labute approximate surface area is 101 Å². The molecule has 0 saturated carbocycles. The summed E-state index contributed by atoms with van der Waals surface area (Å²) < 4.78 is 3.65. The van der Waals surface area contributed by atoms with Gasteiger partial charge in [0.1, 0.15) is 0 Å². The van der Waals surface area contributed by atoms with Gasteiger partial charge in [-0.3, -0.25) is 9.36 Å². The molecule has 0 bridgehead atoms. The van der Waals surface area contributed by atoms with E-state index >= 15 is 0 Å². The number of aromatic nitrogens is 4. The van der Waals surface area contributed by atoms with Crippen molar-refractivity contribution in [1.29, 1.82) is 0 Å². The standard InChI is InChI=1S/C12H19N5/c1-4-5-13-6-10-9-17(3)15-12(10)11-7-14-16(2)8-11/h7-9,13H,4-6H2,1-3H3. The zero-order valence-corrected chi connectivity index (χ0v) is 10.6. The van der Waals surface area contributed by atoms with Gasteiger partial charge < -0.3 is 5.32 Å². The molecule has 0 aromatic carbocycles. The molecule has 17 heavy (non-hydrogen) atoms. The fourth-order valence-corrected chi connectivity index (χ4v) is 1.85. The van der Waals surface area contributed by atoms with E-state index in [1.807, 2.05) is 31.2 Å². The van der Waals surface area contributed by atoms with Crippen LogP contribution in [0.3, 0.4) is 0 Å². The minimum atomic E-state index is 0.853. The predicted molar refractivity (Wildman–Crippen MR) is 67.4 cm³/mol. The van der Waals surface area contributed by atoms with Crippen molar-refractivity contribution in [1.82, 2.24) is 24.9 Å². The molecular weight excluding hydrogens is 214 g/mol. The van der Waals surface area contributed by atoms with Crippen LogP contribution in [0.1, 0.15) is 18.9 Å². The molecule has 0 spiro atoms. The summed E-state index contributed by atoms with van der Waals surface area (Å²) in [6, 6.07) is 0. The highest BCUT2D eigenvalue weighted by atomic mass is 15.3. The first kappa shape index (κ1) is 11.9. The average molecular weight is 233 g/mol. The number of hydrogen-bond donors (Lipinski definition) is 1. The maximum atomic E-state index is 4.50. The molecule has 2 heterocycles. The average Bonchev–Trinajstić information content (AvgIpc) is 2.85. The van der Waals surface area contributed by atoms with E-state index in [1.54, 1.807) is 4.68 Å². The van der Waals surface area contributed by atoms with Crippen molar-refractivity contribution in [3.8, 4) is 11.3 Å². The molecule has 0 saturated heterocycles. The minimum absolute atomic E-state index is 0.853. The number of nitrogens with one attached hydrogen (secondary N) is 1. The van der Waals surface area contributed by atoms with Crippen LogP contribution in [0.25, 0.3) is 11.3 Å². The summed E-state index contributed by atoms with van der Waals surface area (Å²) in [5.74, 6) is 0. The van der Waals surface area contributed by atoms with E-state index in [9.17, 15) is 0 Å². The van der Waals surface area contributed by atoms with Crippen molar-refractivity contribution in [3.05, 3.63) is 24.2 Å². The quantitative estimate of drug-likeness (QED) is 0.792. The Hall–Kier alpha value is -1.62. The van der Waals surface area contributed by atoms with Gasteiger partial charge in [-0.05, 0) is 13.0 Å². The van der Waals surface area contributed by atoms with Gasteiger partial charge in [-0.1, -0.05) is 6.92 Å². The van der Waals surface area contributed by atoms with Crippen LogP contribution < -0.4 is 5.32 Å². The Morgan fingerprint density at radius 3 is 2.71 bits per heavy atom. The number of rotatable bonds is 5. The van der Waals surface area contributed by atoms with Crippen LogP contribution in [-0.4, -0.2) is 26.1 Å². The van der Waals surface area contributed by atoms with Crippen LogP contribution in [0, 0.1) is 0 Å². The number of nitrogens with zero attached hydrogens (tertiary/aromatic N) is 4. The van der Waals surface area contributed by atoms with Gasteiger partial charge in [-0.25, -0.2) is 0 Å². The zero-order chi connectivity index (χ0) is 12.3. The molecule has 5 nitrogen and oxygen atoms in total. The Bertz CT molecular complexity index is 483. The van der Waals surface area contributed by atoms with Crippen molar-refractivity contribution in [2.75, 3.05) is 6.54 Å². The normalized spacial score (nSPS) is 11.0. The molecule has 1 N–H and O–H groups in total. The smallest absolute Gasteiger partial charge is 0.0999 e. The van der Waals surface area contributed by atoms with Crippen molar-refractivity contribution >= 4 is 0 Å². The van der Waals surface area contributed by atoms with Crippen molar-refractivity contribution in [2.24, 2.45) is 14.1 Å². The van der Waals surface area contributed by atoms with Crippen molar-refractivity contribution in [3.63, 3.8) is 0 Å². The Morgan fingerprint density at radius 2 is 2.06 bits per heavy atom. The summed E-state index contributed by atoms with van der Waals surface area (Å²) in [6.45, 7) is 4.05. The largest absolute Gasteiger partial charge is 0.313 e. The minimum Gasteiger partial charge on any atom is -0.313 e. The molecule has 0 amide bonds. The monoisotopic (exact) mass is 233 g/mol. The van der Waals surface area contributed by atoms with E-state index in [0.717, 1.165) is 30.8 Å². The van der Waals surface area contributed by atoms with E-state index < -0.39 is 0 Å². The third-order valence-corrected chi connectivity index (χ3v) is 2.63. The van der Waals surface area contributed by atoms with Crippen LogP contribution in [0.15, 0.2) is 18.6 Å². The summed E-state index contributed by atoms with van der Waals surface area (Å²) in [7, 11) is 3.87. The molecule has 0 fully saturated rings. The van der Waals surface area contributed by atoms with E-state index in [-0.39, 0.29) is 0 Å². The van der Waals surface area contributed by atoms with E-state index in [0.29, 0.717) is 0 Å². The highest BCUT2D eigenvalue weighted by molar-refractivity contribution is 5.60. The van der Waals surface area contributed by atoms with Crippen molar-refractivity contribution < 1.29 is 0 Å². The summed E-state index contributed by atoms with van der Waals surface area (Å²) >= 11 is 0. The SMILES string of the molecule is CCCNCc1cn(C)nc1-c1cnn(C)c1. The fourth-order valence-electron chi connectivity index (χ4n) is 1.85. The maximum Gasteiger partial charge on any atom is 0.0999 e. The van der Waals surface area contributed by atoms with Crippen LogP contribution in [0.4, 0.5) is 0 Å². The lowest BCUT2D eigenvalue weighted by Gasteiger charge is -2.01. The number of aryl methyl sites for hydroxylation is 2. The lowest BCUT2D eigenvalue weighted by atomic mass is 10.1. The zero-order valence-electron chi connectivity index (χ0n) is 10.6. The first-order valence-corrected chi connectivity index (χ1v) is 5.93. The van der Waals surface area contributed by atoms with E-state index in [2.05, 4.69) is 28.6 Å². The summed E-state index contributed by atoms with van der Waals surface area (Å²) in [4.78, 5) is 0. The van der Waals surface area contributed by atoms with Gasteiger partial charge in [0.15, 0.2) is 0 Å². The molecule has 2 aromatic rings. The molecule has 92 valence electrons. The van der Waals surface area contributed by atoms with Gasteiger partial charge in [0.2, 0.25) is 0 Å². The van der Waals surface area contributed by atoms with Gasteiger partial charge in [0.05, 0.1) is 11.9 Å². The summed E-state index contributed by atoms with van der Waals surface area (Å²) in [6.07, 6.45) is 7.05. The Balaban J connectivity index is 2.21. The molecule has 2 aromatic heterocycles. The van der Waals surface area contributed by atoms with E-state index in [4.69, 9.17) is 0 Å². The topological polar surface area (TPSA) is 47.7 Å². The molecule has 0 radical (unpaired) electrons. The molecule has 0 atom stereocenters. The third-order valence-electron chi connectivity index (χ3n) is 2.63. The molecule has 0 aliphatic heterocycles. The molecular formula is C12H19N5. The lowest BCUT2D eigenvalue weighted by Crippen LogP contribution is -2.13. The second kappa shape index (κ2) is 5.14. The van der Waals surface area contributed by atoms with Gasteiger partial charge in [-0.2, -0.15) is 10.2 Å². The fraction of sp³-hybridized carbons (Fsp3) is 0.500. The van der Waals surface area contributed by atoms with Gasteiger partial charge in [0.25, 0.3) is 0 Å². The summed E-state index contributed by atoms with van der Waals surface area (Å²) in [5.41, 5.74) is 3.31. The highest BCUT2D eigenvalue weighted by Crippen LogP contribution is 2.20. The molecule has 0 aliphatic rings. The van der Waals surface area contributed by atoms with Crippen LogP contribution in [-0.2, 0) is 20.6 Å². The van der Waals surface area contributed by atoms with Gasteiger partial charge in [0, 0.05) is 44.2 Å². The first-order valence-electron chi connectivity index (χ1n) is 5.93.